The number of nitrogens with one attached hydrogen (secondary N) is 1. The van der Waals surface area contributed by atoms with E-state index in [1.54, 1.807) is 0 Å². The molecular weight excluding hydrogens is 280 g/mol. The van der Waals surface area contributed by atoms with Crippen LogP contribution in [-0.2, 0) is 4.79 Å². The molecule has 2 N–H and O–H groups in total. The Morgan fingerprint density at radius 2 is 2.00 bits per heavy atom. The van der Waals surface area contributed by atoms with Gasteiger partial charge in [0, 0.05) is 12.5 Å². The summed E-state index contributed by atoms with van der Waals surface area (Å²) in [6.07, 6.45) is -0.0226. The molecule has 2 atom stereocenters. The minimum absolute atomic E-state index is 0.00604. The lowest BCUT2D eigenvalue weighted by Gasteiger charge is -2.13. The molecule has 0 heterocycles. The quantitative estimate of drug-likeness (QED) is 0.848. The molecule has 0 saturated heterocycles. The van der Waals surface area contributed by atoms with Crippen LogP contribution in [0.1, 0.15) is 31.9 Å². The molecule has 1 unspecified atom stereocenters. The summed E-state index contributed by atoms with van der Waals surface area (Å²) in [5, 5.41) is 12.7. The lowest BCUT2D eigenvalue weighted by atomic mass is 10.1. The number of hydrogen-bond acceptors (Lipinski definition) is 3. The van der Waals surface area contributed by atoms with Crippen LogP contribution in [0, 0.1) is 11.3 Å². The Morgan fingerprint density at radius 1 is 1.43 bits per heavy atom. The highest BCUT2D eigenvalue weighted by Crippen LogP contribution is 2.51. The maximum atomic E-state index is 12.0. The van der Waals surface area contributed by atoms with Crippen molar-refractivity contribution in [3.8, 4) is 5.75 Å². The van der Waals surface area contributed by atoms with Gasteiger partial charge in [-0.05, 0) is 29.5 Å². The van der Waals surface area contributed by atoms with Crippen LogP contribution < -0.4 is 10.1 Å². The molecule has 1 aromatic carbocycles. The van der Waals surface area contributed by atoms with Crippen molar-refractivity contribution in [1.29, 1.82) is 0 Å². The van der Waals surface area contributed by atoms with Crippen molar-refractivity contribution in [2.24, 2.45) is 11.3 Å². The third-order valence-electron chi connectivity index (χ3n) is 3.79. The Kier molecular flexibility index (Phi) is 4.46. The van der Waals surface area contributed by atoms with Gasteiger partial charge in [-0.3, -0.25) is 4.79 Å². The summed E-state index contributed by atoms with van der Waals surface area (Å²) in [5.74, 6) is -0.0204. The van der Waals surface area contributed by atoms with Crippen LogP contribution in [0.15, 0.2) is 24.3 Å². The second-order valence-corrected chi connectivity index (χ2v) is 5.95. The first kappa shape index (κ1) is 15.7. The van der Waals surface area contributed by atoms with Crippen LogP contribution >= 0.6 is 0 Å². The maximum absolute atomic E-state index is 12.0. The van der Waals surface area contributed by atoms with Gasteiger partial charge in [0.15, 0.2) is 0 Å². The first-order valence-corrected chi connectivity index (χ1v) is 6.80. The highest BCUT2D eigenvalue weighted by Gasteiger charge is 2.50. The van der Waals surface area contributed by atoms with Crippen molar-refractivity contribution < 1.29 is 23.4 Å². The van der Waals surface area contributed by atoms with Gasteiger partial charge in [0.2, 0.25) is 5.91 Å². The van der Waals surface area contributed by atoms with Gasteiger partial charge in [0.1, 0.15) is 5.75 Å². The lowest BCUT2D eigenvalue weighted by Crippen LogP contribution is -2.30. The molecule has 4 nitrogen and oxygen atoms in total. The van der Waals surface area contributed by atoms with Gasteiger partial charge in [-0.2, -0.15) is 8.78 Å². The van der Waals surface area contributed by atoms with E-state index in [2.05, 4.69) is 10.1 Å². The smallest absolute Gasteiger partial charge is 0.387 e. The highest BCUT2D eigenvalue weighted by atomic mass is 19.3. The average Bonchev–Trinajstić information content (AvgIpc) is 3.05. The van der Waals surface area contributed by atoms with E-state index in [0.29, 0.717) is 5.56 Å². The van der Waals surface area contributed by atoms with E-state index in [4.69, 9.17) is 0 Å². The van der Waals surface area contributed by atoms with E-state index in [1.807, 2.05) is 13.8 Å². The molecule has 1 amide bonds. The number of carbonyl (C=O) groups is 1. The predicted octanol–water partition coefficient (Wildman–Crippen LogP) is 2.48. The zero-order chi connectivity index (χ0) is 15.6. The van der Waals surface area contributed by atoms with Crippen LogP contribution in [0.5, 0.6) is 5.75 Å². The summed E-state index contributed by atoms with van der Waals surface area (Å²) in [6.45, 7) is 1.27. The molecule has 0 aliphatic heterocycles. The molecule has 1 aliphatic rings. The van der Waals surface area contributed by atoms with Gasteiger partial charge in [-0.1, -0.05) is 26.0 Å². The van der Waals surface area contributed by atoms with Crippen LogP contribution in [0.3, 0.4) is 0 Å². The summed E-state index contributed by atoms with van der Waals surface area (Å²) in [4.78, 5) is 11.8. The molecule has 1 aliphatic carbocycles. The number of aliphatic hydroxyl groups is 1. The molecule has 0 aromatic heterocycles. The highest BCUT2D eigenvalue weighted by molar-refractivity contribution is 5.82. The number of amides is 1. The molecular formula is C15H19F2NO3. The van der Waals surface area contributed by atoms with E-state index in [1.165, 1.54) is 24.3 Å². The van der Waals surface area contributed by atoms with E-state index in [-0.39, 0.29) is 29.5 Å². The number of aliphatic hydroxyl groups excluding tert-OH is 1. The summed E-state index contributed by atoms with van der Waals surface area (Å²) < 4.78 is 28.3. The Bertz CT molecular complexity index is 502. The lowest BCUT2D eigenvalue weighted by molar-refractivity contribution is -0.123. The molecule has 6 heteroatoms. The first-order valence-electron chi connectivity index (χ1n) is 6.80. The molecule has 0 radical (unpaired) electrons. The SMILES string of the molecule is CC1(C)C[C@@H]1C(=O)NCC(O)c1ccc(OC(F)F)cc1. The molecule has 1 fully saturated rings. The Labute approximate surface area is 122 Å². The summed E-state index contributed by atoms with van der Waals surface area (Å²) in [7, 11) is 0. The average molecular weight is 299 g/mol. The monoisotopic (exact) mass is 299 g/mol. The minimum atomic E-state index is -2.87. The fourth-order valence-corrected chi connectivity index (χ4v) is 2.22. The number of benzene rings is 1. The van der Waals surface area contributed by atoms with Crippen LogP contribution in [0.2, 0.25) is 0 Å². The molecule has 0 bridgehead atoms. The Balaban J connectivity index is 1.83. The van der Waals surface area contributed by atoms with E-state index in [9.17, 15) is 18.7 Å². The standard InChI is InChI=1S/C15H19F2NO3/c1-15(2)7-11(15)13(20)18-8-12(19)9-3-5-10(6-4-9)21-14(16)17/h3-6,11-12,14,19H,7-8H2,1-2H3,(H,18,20)/t11-,12?/m1/s1. The maximum Gasteiger partial charge on any atom is 0.387 e. The van der Waals surface area contributed by atoms with Gasteiger partial charge in [0.05, 0.1) is 6.10 Å². The van der Waals surface area contributed by atoms with Gasteiger partial charge in [-0.15, -0.1) is 0 Å². The largest absolute Gasteiger partial charge is 0.435 e. The first-order chi connectivity index (χ1) is 9.79. The number of halogens is 2. The van der Waals surface area contributed by atoms with Crippen molar-refractivity contribution in [3.05, 3.63) is 29.8 Å². The van der Waals surface area contributed by atoms with E-state index in [0.717, 1.165) is 6.42 Å². The van der Waals surface area contributed by atoms with Crippen molar-refractivity contribution in [1.82, 2.24) is 5.32 Å². The fraction of sp³-hybridized carbons (Fsp3) is 0.533. The van der Waals surface area contributed by atoms with Gasteiger partial charge in [-0.25, -0.2) is 0 Å². The van der Waals surface area contributed by atoms with Gasteiger partial charge < -0.3 is 15.2 Å². The zero-order valence-electron chi connectivity index (χ0n) is 12.0. The van der Waals surface area contributed by atoms with E-state index >= 15 is 0 Å². The fourth-order valence-electron chi connectivity index (χ4n) is 2.22. The van der Waals surface area contributed by atoms with Crippen LogP contribution in [0.4, 0.5) is 8.78 Å². The number of alkyl halides is 2. The van der Waals surface area contributed by atoms with Crippen molar-refractivity contribution >= 4 is 5.91 Å². The number of hydrogen-bond donors (Lipinski definition) is 2. The van der Waals surface area contributed by atoms with Gasteiger partial charge in [0.25, 0.3) is 0 Å². The zero-order valence-corrected chi connectivity index (χ0v) is 12.0. The van der Waals surface area contributed by atoms with Crippen LogP contribution in [0.25, 0.3) is 0 Å². The number of rotatable bonds is 6. The second-order valence-electron chi connectivity index (χ2n) is 5.95. The summed E-state index contributed by atoms with van der Waals surface area (Å²) in [6, 6.07) is 5.71. The molecule has 21 heavy (non-hydrogen) atoms. The molecule has 116 valence electrons. The van der Waals surface area contributed by atoms with E-state index < -0.39 is 12.7 Å². The van der Waals surface area contributed by atoms with Crippen molar-refractivity contribution in [2.75, 3.05) is 6.54 Å². The number of ether oxygens (including phenoxy) is 1. The third-order valence-corrected chi connectivity index (χ3v) is 3.79. The molecule has 2 rings (SSSR count). The summed E-state index contributed by atoms with van der Waals surface area (Å²) >= 11 is 0. The van der Waals surface area contributed by atoms with Crippen LogP contribution in [-0.4, -0.2) is 24.2 Å². The second kappa shape index (κ2) is 5.97. The molecule has 1 aromatic rings. The minimum Gasteiger partial charge on any atom is -0.435 e. The topological polar surface area (TPSA) is 58.6 Å². The van der Waals surface area contributed by atoms with Crippen molar-refractivity contribution in [3.63, 3.8) is 0 Å². The third kappa shape index (κ3) is 4.14. The normalized spacial score (nSPS) is 21.0. The number of carbonyl (C=O) groups excluding carboxylic acids is 1. The van der Waals surface area contributed by atoms with Gasteiger partial charge >= 0.3 is 6.61 Å². The summed E-state index contributed by atoms with van der Waals surface area (Å²) in [5.41, 5.74) is 0.579. The molecule has 1 saturated carbocycles. The van der Waals surface area contributed by atoms with Crippen molar-refractivity contribution in [2.45, 2.75) is 33.0 Å². The molecule has 0 spiro atoms. The Hall–Kier alpha value is -1.69. The Morgan fingerprint density at radius 3 is 2.48 bits per heavy atom. The predicted molar refractivity (Wildman–Crippen MR) is 72.9 cm³/mol.